The van der Waals surface area contributed by atoms with Gasteiger partial charge in [-0.2, -0.15) is 0 Å². The maximum absolute atomic E-state index is 6.40. The molecule has 1 unspecified atom stereocenters. The van der Waals surface area contributed by atoms with Crippen molar-refractivity contribution in [3.63, 3.8) is 0 Å². The lowest BCUT2D eigenvalue weighted by Crippen LogP contribution is -2.35. The van der Waals surface area contributed by atoms with E-state index in [9.17, 15) is 0 Å². The van der Waals surface area contributed by atoms with Gasteiger partial charge in [-0.1, -0.05) is 29.8 Å². The van der Waals surface area contributed by atoms with Crippen molar-refractivity contribution in [1.82, 2.24) is 0 Å². The third-order valence-corrected chi connectivity index (χ3v) is 4.96. The lowest BCUT2D eigenvalue weighted by atomic mass is 9.89. The minimum absolute atomic E-state index is 0.453. The largest absolute Gasteiger partial charge is 0.321 e. The average molecular weight is 331 g/mol. The SMILES string of the molecule is CC(N)(Cc1sccc1Br)c1ccccc1Cl. The first-order valence-electron chi connectivity index (χ1n) is 5.26. The summed E-state index contributed by atoms with van der Waals surface area (Å²) in [5.41, 5.74) is 6.94. The Bertz CT molecular complexity index is 522. The van der Waals surface area contributed by atoms with E-state index in [1.54, 1.807) is 11.3 Å². The van der Waals surface area contributed by atoms with Crippen LogP contribution in [-0.2, 0) is 12.0 Å². The molecule has 1 nitrogen and oxygen atoms in total. The van der Waals surface area contributed by atoms with Crippen molar-refractivity contribution in [2.75, 3.05) is 0 Å². The summed E-state index contributed by atoms with van der Waals surface area (Å²) in [5, 5.41) is 2.78. The van der Waals surface area contributed by atoms with Crippen LogP contribution in [0.1, 0.15) is 17.4 Å². The molecule has 17 heavy (non-hydrogen) atoms. The molecule has 0 bridgehead atoms. The Hall–Kier alpha value is -0.350. The molecule has 4 heteroatoms. The third-order valence-electron chi connectivity index (χ3n) is 2.71. The van der Waals surface area contributed by atoms with Gasteiger partial charge < -0.3 is 5.73 Å². The number of hydrogen-bond acceptors (Lipinski definition) is 2. The van der Waals surface area contributed by atoms with Crippen LogP contribution >= 0.6 is 38.9 Å². The summed E-state index contributed by atoms with van der Waals surface area (Å²) in [6, 6.07) is 9.80. The van der Waals surface area contributed by atoms with E-state index in [0.717, 1.165) is 21.5 Å². The van der Waals surface area contributed by atoms with Gasteiger partial charge in [0.15, 0.2) is 0 Å². The van der Waals surface area contributed by atoms with Gasteiger partial charge in [0, 0.05) is 26.3 Å². The lowest BCUT2D eigenvalue weighted by Gasteiger charge is -2.26. The number of benzene rings is 1. The van der Waals surface area contributed by atoms with Gasteiger partial charge in [0.25, 0.3) is 0 Å². The van der Waals surface area contributed by atoms with Crippen molar-refractivity contribution in [3.05, 3.63) is 55.6 Å². The summed E-state index contributed by atoms with van der Waals surface area (Å²) in [4.78, 5) is 1.25. The fourth-order valence-electron chi connectivity index (χ4n) is 1.80. The molecule has 0 spiro atoms. The molecule has 0 radical (unpaired) electrons. The molecule has 0 aliphatic heterocycles. The summed E-state index contributed by atoms with van der Waals surface area (Å²) in [6.07, 6.45) is 0.773. The van der Waals surface area contributed by atoms with E-state index in [-0.39, 0.29) is 0 Å². The van der Waals surface area contributed by atoms with Crippen molar-refractivity contribution in [1.29, 1.82) is 0 Å². The van der Waals surface area contributed by atoms with Gasteiger partial charge in [0.1, 0.15) is 0 Å². The predicted octanol–water partition coefficient (Wildman–Crippen LogP) is 4.58. The number of halogens is 2. The Morgan fingerprint density at radius 2 is 2.06 bits per heavy atom. The predicted molar refractivity (Wildman–Crippen MR) is 78.7 cm³/mol. The van der Waals surface area contributed by atoms with Crippen LogP contribution in [0.15, 0.2) is 40.2 Å². The molecular formula is C13H13BrClNS. The van der Waals surface area contributed by atoms with Gasteiger partial charge in [0.2, 0.25) is 0 Å². The van der Waals surface area contributed by atoms with E-state index in [1.165, 1.54) is 4.88 Å². The van der Waals surface area contributed by atoms with E-state index in [2.05, 4.69) is 21.3 Å². The maximum Gasteiger partial charge on any atom is 0.0456 e. The fraction of sp³-hybridized carbons (Fsp3) is 0.231. The smallest absolute Gasteiger partial charge is 0.0456 e. The standard InChI is InChI=1S/C13H13BrClNS/c1-13(16,8-12-10(14)6-7-17-12)9-4-2-3-5-11(9)15/h2-7H,8,16H2,1H3. The molecule has 1 aromatic heterocycles. The van der Waals surface area contributed by atoms with E-state index in [0.29, 0.717) is 0 Å². The molecule has 2 aromatic rings. The van der Waals surface area contributed by atoms with Gasteiger partial charge in [-0.3, -0.25) is 0 Å². The Balaban J connectivity index is 2.31. The monoisotopic (exact) mass is 329 g/mol. The van der Waals surface area contributed by atoms with Crippen molar-refractivity contribution in [2.45, 2.75) is 18.9 Å². The van der Waals surface area contributed by atoms with Crippen LogP contribution in [-0.4, -0.2) is 0 Å². The zero-order valence-corrected chi connectivity index (χ0v) is 12.6. The third kappa shape index (κ3) is 2.91. The summed E-state index contributed by atoms with van der Waals surface area (Å²) in [6.45, 7) is 2.01. The molecule has 1 heterocycles. The highest BCUT2D eigenvalue weighted by atomic mass is 79.9. The quantitative estimate of drug-likeness (QED) is 0.876. The van der Waals surface area contributed by atoms with Crippen LogP contribution in [0.5, 0.6) is 0 Å². The van der Waals surface area contributed by atoms with Crippen molar-refractivity contribution < 1.29 is 0 Å². The average Bonchev–Trinajstić information content (AvgIpc) is 2.64. The molecule has 90 valence electrons. The molecule has 2 N–H and O–H groups in total. The minimum atomic E-state index is -0.453. The highest BCUT2D eigenvalue weighted by molar-refractivity contribution is 9.10. The van der Waals surface area contributed by atoms with Gasteiger partial charge in [-0.15, -0.1) is 11.3 Å². The number of thiophene rings is 1. The highest BCUT2D eigenvalue weighted by Crippen LogP contribution is 2.33. The summed E-state index contributed by atoms with van der Waals surface area (Å²) in [5.74, 6) is 0. The molecule has 0 saturated heterocycles. The molecule has 0 aliphatic carbocycles. The topological polar surface area (TPSA) is 26.0 Å². The lowest BCUT2D eigenvalue weighted by molar-refractivity contribution is 0.495. The molecule has 0 saturated carbocycles. The Morgan fingerprint density at radius 3 is 2.65 bits per heavy atom. The number of nitrogens with two attached hydrogens (primary N) is 1. The van der Waals surface area contributed by atoms with Crippen molar-refractivity contribution in [3.8, 4) is 0 Å². The molecule has 0 amide bonds. The first-order chi connectivity index (χ1) is 8.00. The second-order valence-corrected chi connectivity index (χ2v) is 6.53. The van der Waals surface area contributed by atoms with Gasteiger partial charge >= 0.3 is 0 Å². The summed E-state index contributed by atoms with van der Waals surface area (Å²) < 4.78 is 1.12. The second kappa shape index (κ2) is 5.11. The van der Waals surface area contributed by atoms with Crippen LogP contribution in [0.25, 0.3) is 0 Å². The summed E-state index contributed by atoms with van der Waals surface area (Å²) >= 11 is 11.4. The maximum atomic E-state index is 6.40. The Labute approximate surface area is 119 Å². The van der Waals surface area contributed by atoms with E-state index in [4.69, 9.17) is 17.3 Å². The van der Waals surface area contributed by atoms with Crippen LogP contribution in [0.2, 0.25) is 5.02 Å². The number of rotatable bonds is 3. The van der Waals surface area contributed by atoms with Gasteiger partial charge in [-0.25, -0.2) is 0 Å². The van der Waals surface area contributed by atoms with Crippen LogP contribution < -0.4 is 5.73 Å². The Morgan fingerprint density at radius 1 is 1.35 bits per heavy atom. The summed E-state index contributed by atoms with van der Waals surface area (Å²) in [7, 11) is 0. The Kier molecular flexibility index (Phi) is 3.93. The van der Waals surface area contributed by atoms with Crippen LogP contribution in [0, 0.1) is 0 Å². The fourth-order valence-corrected chi connectivity index (χ4v) is 3.82. The van der Waals surface area contributed by atoms with Gasteiger partial charge in [0.05, 0.1) is 0 Å². The number of hydrogen-bond donors (Lipinski definition) is 1. The van der Waals surface area contributed by atoms with Crippen LogP contribution in [0.3, 0.4) is 0 Å². The van der Waals surface area contributed by atoms with E-state index in [1.807, 2.05) is 37.3 Å². The van der Waals surface area contributed by atoms with Crippen molar-refractivity contribution in [2.24, 2.45) is 5.73 Å². The molecule has 0 fully saturated rings. The highest BCUT2D eigenvalue weighted by Gasteiger charge is 2.25. The zero-order valence-electron chi connectivity index (χ0n) is 9.41. The molecule has 2 rings (SSSR count). The van der Waals surface area contributed by atoms with E-state index < -0.39 is 5.54 Å². The normalized spacial score (nSPS) is 14.6. The second-order valence-electron chi connectivity index (χ2n) is 4.27. The van der Waals surface area contributed by atoms with Crippen LogP contribution in [0.4, 0.5) is 0 Å². The molecule has 0 aliphatic rings. The first-order valence-corrected chi connectivity index (χ1v) is 7.31. The molecule has 1 aromatic carbocycles. The first kappa shape index (κ1) is 13.1. The van der Waals surface area contributed by atoms with E-state index >= 15 is 0 Å². The zero-order chi connectivity index (χ0) is 12.5. The van der Waals surface area contributed by atoms with Crippen molar-refractivity contribution >= 4 is 38.9 Å². The molecule has 1 atom stereocenters. The minimum Gasteiger partial charge on any atom is -0.321 e. The van der Waals surface area contributed by atoms with Gasteiger partial charge in [-0.05, 0) is 45.9 Å². The molecular weight excluding hydrogens is 318 g/mol.